The minimum absolute atomic E-state index is 0.407. The van der Waals surface area contributed by atoms with Crippen molar-refractivity contribution in [3.05, 3.63) is 69.2 Å². The van der Waals surface area contributed by atoms with Crippen molar-refractivity contribution in [3.63, 3.8) is 0 Å². The first-order valence-corrected chi connectivity index (χ1v) is 6.04. The van der Waals surface area contributed by atoms with E-state index in [1.165, 1.54) is 0 Å². The van der Waals surface area contributed by atoms with Crippen LogP contribution in [-0.4, -0.2) is 5.11 Å². The molecule has 88 valence electrons. The molecule has 1 atom stereocenters. The van der Waals surface area contributed by atoms with Crippen molar-refractivity contribution < 1.29 is 5.11 Å². The zero-order valence-electron chi connectivity index (χ0n) is 9.32. The van der Waals surface area contributed by atoms with Gasteiger partial charge in [0.1, 0.15) is 6.10 Å². The summed E-state index contributed by atoms with van der Waals surface area (Å²) in [4.78, 5) is 0. The molecular formula is C14H12Cl2O. The fraction of sp³-hybridized carbons (Fsp3) is 0.143. The van der Waals surface area contributed by atoms with Gasteiger partial charge in [-0.1, -0.05) is 59.6 Å². The molecule has 0 saturated heterocycles. The molecule has 1 N–H and O–H groups in total. The van der Waals surface area contributed by atoms with Crippen molar-refractivity contribution in [2.45, 2.75) is 13.0 Å². The van der Waals surface area contributed by atoms with Crippen LogP contribution in [0.3, 0.4) is 0 Å². The molecule has 0 bridgehead atoms. The average molecular weight is 267 g/mol. The van der Waals surface area contributed by atoms with Gasteiger partial charge in [0.15, 0.2) is 0 Å². The average Bonchev–Trinajstić information content (AvgIpc) is 2.32. The van der Waals surface area contributed by atoms with E-state index in [-0.39, 0.29) is 0 Å². The van der Waals surface area contributed by atoms with Gasteiger partial charge in [-0.25, -0.2) is 0 Å². The summed E-state index contributed by atoms with van der Waals surface area (Å²) in [7, 11) is 0. The Labute approximate surface area is 111 Å². The number of benzene rings is 2. The van der Waals surface area contributed by atoms with E-state index in [1.807, 2.05) is 31.2 Å². The van der Waals surface area contributed by atoms with Crippen LogP contribution in [0.2, 0.25) is 10.0 Å². The second-order valence-electron chi connectivity index (χ2n) is 3.90. The summed E-state index contributed by atoms with van der Waals surface area (Å²) in [5.74, 6) is 0. The van der Waals surface area contributed by atoms with Crippen LogP contribution in [0.4, 0.5) is 0 Å². The van der Waals surface area contributed by atoms with Crippen molar-refractivity contribution in [3.8, 4) is 0 Å². The molecule has 2 aromatic carbocycles. The number of hydrogen-bond acceptors (Lipinski definition) is 1. The Balaban J connectivity index is 2.48. The van der Waals surface area contributed by atoms with Gasteiger partial charge in [-0.15, -0.1) is 0 Å². The van der Waals surface area contributed by atoms with Crippen LogP contribution in [-0.2, 0) is 0 Å². The molecule has 3 heteroatoms. The highest BCUT2D eigenvalue weighted by atomic mass is 35.5. The quantitative estimate of drug-likeness (QED) is 0.855. The van der Waals surface area contributed by atoms with Gasteiger partial charge in [0, 0.05) is 5.56 Å². The number of hydrogen-bond donors (Lipinski definition) is 1. The third-order valence-corrected chi connectivity index (χ3v) is 3.59. The van der Waals surface area contributed by atoms with E-state index in [4.69, 9.17) is 23.2 Å². The maximum absolute atomic E-state index is 10.3. The second kappa shape index (κ2) is 5.09. The number of aliphatic hydroxyl groups excluding tert-OH is 1. The maximum Gasteiger partial charge on any atom is 0.106 e. The highest BCUT2D eigenvalue weighted by Crippen LogP contribution is 2.33. The van der Waals surface area contributed by atoms with Crippen molar-refractivity contribution >= 4 is 23.2 Å². The lowest BCUT2D eigenvalue weighted by molar-refractivity contribution is 0.219. The lowest BCUT2D eigenvalue weighted by Gasteiger charge is -2.15. The molecule has 0 saturated carbocycles. The predicted molar refractivity (Wildman–Crippen MR) is 71.7 cm³/mol. The predicted octanol–water partition coefficient (Wildman–Crippen LogP) is 4.38. The van der Waals surface area contributed by atoms with Crippen molar-refractivity contribution in [1.29, 1.82) is 0 Å². The summed E-state index contributed by atoms with van der Waals surface area (Å²) in [6.45, 7) is 1.96. The molecule has 0 aliphatic heterocycles. The van der Waals surface area contributed by atoms with E-state index in [0.29, 0.717) is 15.6 Å². The maximum atomic E-state index is 10.3. The first kappa shape index (κ1) is 12.4. The van der Waals surface area contributed by atoms with Gasteiger partial charge in [0.2, 0.25) is 0 Å². The molecular weight excluding hydrogens is 255 g/mol. The molecule has 0 aliphatic rings. The van der Waals surface area contributed by atoms with Crippen LogP contribution in [0, 0.1) is 6.92 Å². The SMILES string of the molecule is Cc1ccccc1C(O)c1cccc(Cl)c1Cl. The molecule has 17 heavy (non-hydrogen) atoms. The van der Waals surface area contributed by atoms with Gasteiger partial charge < -0.3 is 5.11 Å². The Morgan fingerprint density at radius 2 is 1.59 bits per heavy atom. The van der Waals surface area contributed by atoms with Gasteiger partial charge in [0.05, 0.1) is 10.0 Å². The van der Waals surface area contributed by atoms with Gasteiger partial charge >= 0.3 is 0 Å². The van der Waals surface area contributed by atoms with Crippen LogP contribution in [0.25, 0.3) is 0 Å². The second-order valence-corrected chi connectivity index (χ2v) is 4.69. The Bertz CT molecular complexity index is 537. The molecule has 2 aromatic rings. The Hall–Kier alpha value is -1.02. The number of rotatable bonds is 2. The van der Waals surface area contributed by atoms with E-state index in [0.717, 1.165) is 11.1 Å². The summed E-state index contributed by atoms with van der Waals surface area (Å²) in [6, 6.07) is 12.9. The topological polar surface area (TPSA) is 20.2 Å². The molecule has 1 nitrogen and oxygen atoms in total. The number of aryl methyl sites for hydroxylation is 1. The van der Waals surface area contributed by atoms with E-state index in [9.17, 15) is 5.11 Å². The normalized spacial score (nSPS) is 12.5. The van der Waals surface area contributed by atoms with Gasteiger partial charge in [-0.3, -0.25) is 0 Å². The third-order valence-electron chi connectivity index (χ3n) is 2.76. The Kier molecular flexibility index (Phi) is 3.72. The number of aliphatic hydroxyl groups is 1. The first-order chi connectivity index (χ1) is 8.11. The molecule has 2 rings (SSSR count). The first-order valence-electron chi connectivity index (χ1n) is 5.28. The lowest BCUT2D eigenvalue weighted by Crippen LogP contribution is -2.02. The highest BCUT2D eigenvalue weighted by molar-refractivity contribution is 6.42. The number of halogens is 2. The summed E-state index contributed by atoms with van der Waals surface area (Å²) < 4.78 is 0. The Morgan fingerprint density at radius 3 is 2.29 bits per heavy atom. The summed E-state index contributed by atoms with van der Waals surface area (Å²) >= 11 is 12.0. The fourth-order valence-corrected chi connectivity index (χ4v) is 2.20. The smallest absolute Gasteiger partial charge is 0.106 e. The zero-order chi connectivity index (χ0) is 12.4. The molecule has 0 radical (unpaired) electrons. The monoisotopic (exact) mass is 266 g/mol. The largest absolute Gasteiger partial charge is 0.384 e. The summed E-state index contributed by atoms with van der Waals surface area (Å²) in [5, 5.41) is 11.2. The molecule has 0 fully saturated rings. The van der Waals surface area contributed by atoms with Crippen LogP contribution in [0.1, 0.15) is 22.8 Å². The van der Waals surface area contributed by atoms with Crippen molar-refractivity contribution in [2.75, 3.05) is 0 Å². The Morgan fingerprint density at radius 1 is 0.941 bits per heavy atom. The minimum Gasteiger partial charge on any atom is -0.384 e. The molecule has 0 spiro atoms. The van der Waals surface area contributed by atoms with Crippen LogP contribution < -0.4 is 0 Å². The molecule has 0 heterocycles. The fourth-order valence-electron chi connectivity index (χ4n) is 1.79. The van der Waals surface area contributed by atoms with Crippen molar-refractivity contribution in [1.82, 2.24) is 0 Å². The van der Waals surface area contributed by atoms with Gasteiger partial charge in [-0.2, -0.15) is 0 Å². The van der Waals surface area contributed by atoms with Crippen molar-refractivity contribution in [2.24, 2.45) is 0 Å². The molecule has 0 aliphatic carbocycles. The third kappa shape index (κ3) is 2.47. The van der Waals surface area contributed by atoms with Crippen LogP contribution in [0.15, 0.2) is 42.5 Å². The zero-order valence-corrected chi connectivity index (χ0v) is 10.8. The van der Waals surface area contributed by atoms with E-state index >= 15 is 0 Å². The molecule has 1 unspecified atom stereocenters. The summed E-state index contributed by atoms with van der Waals surface area (Å²) in [5.41, 5.74) is 2.50. The minimum atomic E-state index is -0.748. The van der Waals surface area contributed by atoms with Gasteiger partial charge in [0.25, 0.3) is 0 Å². The van der Waals surface area contributed by atoms with Gasteiger partial charge in [-0.05, 0) is 24.1 Å². The lowest BCUT2D eigenvalue weighted by atomic mass is 9.97. The standard InChI is InChI=1S/C14H12Cl2O/c1-9-5-2-3-6-10(9)14(17)11-7-4-8-12(15)13(11)16/h2-8,14,17H,1H3. The van der Waals surface area contributed by atoms with E-state index in [2.05, 4.69) is 0 Å². The van der Waals surface area contributed by atoms with Crippen LogP contribution >= 0.6 is 23.2 Å². The van der Waals surface area contributed by atoms with E-state index in [1.54, 1.807) is 18.2 Å². The van der Waals surface area contributed by atoms with Crippen LogP contribution in [0.5, 0.6) is 0 Å². The summed E-state index contributed by atoms with van der Waals surface area (Å²) in [6.07, 6.45) is -0.748. The van der Waals surface area contributed by atoms with E-state index < -0.39 is 6.10 Å². The molecule has 0 amide bonds. The molecule has 0 aromatic heterocycles. The highest BCUT2D eigenvalue weighted by Gasteiger charge is 2.16.